The highest BCUT2D eigenvalue weighted by Crippen LogP contribution is 2.32. The molecule has 0 aromatic heterocycles. The number of carboxylic acid groups (broad SMARTS) is 1. The summed E-state index contributed by atoms with van der Waals surface area (Å²) in [6.07, 6.45) is 1.86. The fourth-order valence-electron chi connectivity index (χ4n) is 2.90. The molecule has 1 fully saturated rings. The number of hydrogen-bond donors (Lipinski definition) is 2. The first-order valence-electron chi connectivity index (χ1n) is 8.81. The number of carboxylic acids is 1. The normalized spacial score (nSPS) is 14.5. The number of carbonyl (C=O) groups is 2. The molecule has 0 spiro atoms. The first-order valence-corrected chi connectivity index (χ1v) is 8.81. The van der Waals surface area contributed by atoms with Crippen LogP contribution in [0.4, 0.5) is 0 Å². The molecule has 1 saturated carbocycles. The van der Waals surface area contributed by atoms with Crippen molar-refractivity contribution in [1.29, 1.82) is 0 Å². The Hall–Kier alpha value is -2.82. The summed E-state index contributed by atoms with van der Waals surface area (Å²) in [7, 11) is 0. The highest BCUT2D eigenvalue weighted by Gasteiger charge is 2.37. The summed E-state index contributed by atoms with van der Waals surface area (Å²) in [4.78, 5) is 23.4. The highest BCUT2D eigenvalue weighted by molar-refractivity contribution is 5.85. The largest absolute Gasteiger partial charge is 0.489 e. The third kappa shape index (κ3) is 4.85. The zero-order valence-electron chi connectivity index (χ0n) is 14.8. The zero-order valence-corrected chi connectivity index (χ0v) is 14.8. The Morgan fingerprint density at radius 1 is 1.19 bits per heavy atom. The lowest BCUT2D eigenvalue weighted by molar-refractivity contribution is -0.142. The maximum atomic E-state index is 12.2. The Balaban J connectivity index is 1.57. The number of aliphatic carboxylic acids is 1. The number of carbonyl (C=O) groups excluding carboxylic acids is 1. The van der Waals surface area contributed by atoms with E-state index < -0.39 is 12.0 Å². The van der Waals surface area contributed by atoms with Crippen molar-refractivity contribution in [2.75, 3.05) is 0 Å². The molecular weight excluding hydrogens is 330 g/mol. The van der Waals surface area contributed by atoms with Gasteiger partial charge in [0.2, 0.25) is 5.91 Å². The van der Waals surface area contributed by atoms with Gasteiger partial charge in [-0.15, -0.1) is 0 Å². The van der Waals surface area contributed by atoms with Crippen molar-refractivity contribution in [2.45, 2.75) is 38.8 Å². The fourth-order valence-corrected chi connectivity index (χ4v) is 2.90. The van der Waals surface area contributed by atoms with Gasteiger partial charge in [-0.1, -0.05) is 36.4 Å². The van der Waals surface area contributed by atoms with E-state index in [-0.39, 0.29) is 18.2 Å². The third-order valence-corrected chi connectivity index (χ3v) is 4.59. The van der Waals surface area contributed by atoms with Gasteiger partial charge in [0.05, 0.1) is 6.42 Å². The van der Waals surface area contributed by atoms with Crippen molar-refractivity contribution in [1.82, 2.24) is 5.32 Å². The third-order valence-electron chi connectivity index (χ3n) is 4.59. The van der Waals surface area contributed by atoms with Crippen molar-refractivity contribution < 1.29 is 19.4 Å². The Kier molecular flexibility index (Phi) is 5.56. The van der Waals surface area contributed by atoms with Gasteiger partial charge in [0.25, 0.3) is 0 Å². The minimum absolute atomic E-state index is 0.0697. The molecule has 2 N–H and O–H groups in total. The van der Waals surface area contributed by atoms with E-state index >= 15 is 0 Å². The van der Waals surface area contributed by atoms with E-state index in [9.17, 15) is 14.7 Å². The van der Waals surface area contributed by atoms with Crippen LogP contribution in [0.1, 0.15) is 29.5 Å². The topological polar surface area (TPSA) is 75.6 Å². The highest BCUT2D eigenvalue weighted by atomic mass is 16.5. The molecule has 0 bridgehead atoms. The van der Waals surface area contributed by atoms with Gasteiger partial charge in [-0.05, 0) is 54.5 Å². The van der Waals surface area contributed by atoms with Gasteiger partial charge in [0, 0.05) is 0 Å². The smallest absolute Gasteiger partial charge is 0.326 e. The summed E-state index contributed by atoms with van der Waals surface area (Å²) >= 11 is 0. The summed E-state index contributed by atoms with van der Waals surface area (Å²) in [5.41, 5.74) is 3.08. The van der Waals surface area contributed by atoms with Crippen molar-refractivity contribution in [3.05, 3.63) is 65.2 Å². The van der Waals surface area contributed by atoms with Crippen LogP contribution < -0.4 is 10.1 Å². The molecular formula is C21H23NO4. The van der Waals surface area contributed by atoms with Crippen LogP contribution in [-0.2, 0) is 22.6 Å². The molecule has 0 heterocycles. The maximum Gasteiger partial charge on any atom is 0.326 e. The second-order valence-electron chi connectivity index (χ2n) is 6.76. The van der Waals surface area contributed by atoms with Gasteiger partial charge >= 0.3 is 5.97 Å². The summed E-state index contributed by atoms with van der Waals surface area (Å²) in [6.45, 7) is 2.50. The lowest BCUT2D eigenvalue weighted by Crippen LogP contribution is -2.43. The summed E-state index contributed by atoms with van der Waals surface area (Å²) in [6, 6.07) is 14.6. The fraction of sp³-hybridized carbons (Fsp3) is 0.333. The standard InChI is InChI=1S/C21H23NO4/c1-14-5-2-3-7-17(14)13-26-18-8-4-6-15(11-18)12-19(23)22-20(21(24)25)16-9-10-16/h2-8,11,16,20H,9-10,12-13H2,1H3,(H,22,23)(H,24,25). The minimum Gasteiger partial charge on any atom is -0.489 e. The minimum atomic E-state index is -0.962. The van der Waals surface area contributed by atoms with Crippen molar-refractivity contribution >= 4 is 11.9 Å². The van der Waals surface area contributed by atoms with Crippen LogP contribution in [0.25, 0.3) is 0 Å². The maximum absolute atomic E-state index is 12.2. The predicted octanol–water partition coefficient (Wildman–Crippen LogP) is 3.10. The second kappa shape index (κ2) is 8.04. The molecule has 1 amide bonds. The molecule has 0 radical (unpaired) electrons. The first-order chi connectivity index (χ1) is 12.5. The molecule has 5 heteroatoms. The van der Waals surface area contributed by atoms with E-state index in [1.54, 1.807) is 0 Å². The van der Waals surface area contributed by atoms with Crippen LogP contribution in [0.3, 0.4) is 0 Å². The van der Waals surface area contributed by atoms with Gasteiger partial charge in [-0.2, -0.15) is 0 Å². The number of amides is 1. The molecule has 1 atom stereocenters. The summed E-state index contributed by atoms with van der Waals surface area (Å²) in [5.74, 6) is -0.479. The Morgan fingerprint density at radius 2 is 1.96 bits per heavy atom. The van der Waals surface area contributed by atoms with Crippen LogP contribution >= 0.6 is 0 Å². The molecule has 2 aromatic carbocycles. The summed E-state index contributed by atoms with van der Waals surface area (Å²) in [5, 5.41) is 11.8. The Morgan fingerprint density at radius 3 is 2.65 bits per heavy atom. The molecule has 5 nitrogen and oxygen atoms in total. The molecule has 2 aromatic rings. The molecule has 1 unspecified atom stereocenters. The molecule has 26 heavy (non-hydrogen) atoms. The van der Waals surface area contributed by atoms with Crippen LogP contribution in [0.5, 0.6) is 5.75 Å². The van der Waals surface area contributed by atoms with Crippen molar-refractivity contribution in [2.24, 2.45) is 5.92 Å². The van der Waals surface area contributed by atoms with E-state index in [1.165, 1.54) is 5.56 Å². The van der Waals surface area contributed by atoms with Crippen LogP contribution in [0.2, 0.25) is 0 Å². The van der Waals surface area contributed by atoms with Gasteiger partial charge in [-0.25, -0.2) is 4.79 Å². The van der Waals surface area contributed by atoms with E-state index in [1.807, 2.05) is 55.5 Å². The van der Waals surface area contributed by atoms with Gasteiger partial charge < -0.3 is 15.2 Å². The molecule has 1 aliphatic carbocycles. The monoisotopic (exact) mass is 353 g/mol. The van der Waals surface area contributed by atoms with Crippen LogP contribution in [-0.4, -0.2) is 23.0 Å². The molecule has 3 rings (SSSR count). The van der Waals surface area contributed by atoms with Crippen LogP contribution in [0, 0.1) is 12.8 Å². The Bertz CT molecular complexity index is 798. The number of ether oxygens (including phenoxy) is 1. The lowest BCUT2D eigenvalue weighted by Gasteiger charge is -2.14. The summed E-state index contributed by atoms with van der Waals surface area (Å²) < 4.78 is 5.84. The number of hydrogen-bond acceptors (Lipinski definition) is 3. The van der Waals surface area contributed by atoms with Gasteiger partial charge in [-0.3, -0.25) is 4.79 Å². The van der Waals surface area contributed by atoms with E-state index in [0.717, 1.165) is 24.0 Å². The number of nitrogens with one attached hydrogen (secondary N) is 1. The van der Waals surface area contributed by atoms with Crippen LogP contribution in [0.15, 0.2) is 48.5 Å². The average molecular weight is 353 g/mol. The quantitative estimate of drug-likeness (QED) is 0.765. The second-order valence-corrected chi connectivity index (χ2v) is 6.76. The first kappa shape index (κ1) is 18.0. The average Bonchev–Trinajstić information content (AvgIpc) is 3.44. The lowest BCUT2D eigenvalue weighted by atomic mass is 10.1. The molecule has 0 saturated heterocycles. The molecule has 1 aliphatic rings. The van der Waals surface area contributed by atoms with Crippen molar-refractivity contribution in [3.8, 4) is 5.75 Å². The van der Waals surface area contributed by atoms with E-state index in [2.05, 4.69) is 5.32 Å². The number of benzene rings is 2. The Labute approximate surface area is 153 Å². The zero-order chi connectivity index (χ0) is 18.5. The SMILES string of the molecule is Cc1ccccc1COc1cccc(CC(=O)NC(C(=O)O)C2CC2)c1. The van der Waals surface area contributed by atoms with Gasteiger partial charge in [0.15, 0.2) is 0 Å². The molecule has 136 valence electrons. The van der Waals surface area contributed by atoms with Crippen molar-refractivity contribution in [3.63, 3.8) is 0 Å². The van der Waals surface area contributed by atoms with Gasteiger partial charge in [0.1, 0.15) is 18.4 Å². The number of rotatable bonds is 8. The molecule has 0 aliphatic heterocycles. The van der Waals surface area contributed by atoms with E-state index in [0.29, 0.717) is 12.4 Å². The van der Waals surface area contributed by atoms with E-state index in [4.69, 9.17) is 4.74 Å². The number of aryl methyl sites for hydroxylation is 1. The predicted molar refractivity (Wildman–Crippen MR) is 97.9 cm³/mol.